The number of nitrogens with two attached hydrogens (primary N) is 2. The minimum atomic E-state index is -4.88. The van der Waals surface area contributed by atoms with E-state index in [0.29, 0.717) is 61.8 Å². The van der Waals surface area contributed by atoms with Gasteiger partial charge in [0.1, 0.15) is 17.6 Å². The quantitative estimate of drug-likeness (QED) is 0.0611. The van der Waals surface area contributed by atoms with Crippen molar-refractivity contribution < 1.29 is 67.3 Å². The van der Waals surface area contributed by atoms with Crippen LogP contribution in [0.5, 0.6) is 11.5 Å². The fourth-order valence-electron chi connectivity index (χ4n) is 11.7. The predicted molar refractivity (Wildman–Crippen MR) is 227 cm³/mol. The molecule has 2 fully saturated rings. The van der Waals surface area contributed by atoms with Crippen molar-refractivity contribution in [3.8, 4) is 23.3 Å². The molecule has 13 heteroatoms. The fourth-order valence-corrected chi connectivity index (χ4v) is 12.8. The molecule has 3 aliphatic carbocycles. The average molecular weight is 858 g/mol. The van der Waals surface area contributed by atoms with E-state index >= 15 is 0 Å². The van der Waals surface area contributed by atoms with Crippen LogP contribution >= 0.6 is 0 Å². The number of ether oxygens (including phenoxy) is 2. The van der Waals surface area contributed by atoms with E-state index < -0.39 is 50.7 Å². The molecule has 3 aromatic carbocycles. The van der Waals surface area contributed by atoms with Gasteiger partial charge in [0.05, 0.1) is 27.1 Å². The number of aromatic hydroxyl groups is 1. The Morgan fingerprint density at radius 2 is 1.77 bits per heavy atom. The average Bonchev–Trinajstić information content (AvgIpc) is 3.61. The molecule has 0 amide bonds. The summed E-state index contributed by atoms with van der Waals surface area (Å²) < 4.78 is 55.9. The zero-order valence-electron chi connectivity index (χ0n) is 35.1. The second-order valence-corrected chi connectivity index (χ2v) is 20.1. The Hall–Kier alpha value is -3.38. The van der Waals surface area contributed by atoms with Crippen molar-refractivity contribution in [1.29, 1.82) is 0 Å². The molecule has 5 heterocycles. The molecular weight excluding hydrogens is 802 g/mol. The second kappa shape index (κ2) is 17.3. The Morgan fingerprint density at radius 1 is 1.02 bits per heavy atom. The molecule has 0 aromatic heterocycles. The van der Waals surface area contributed by atoms with Gasteiger partial charge in [-0.3, -0.25) is 0 Å². The topological polar surface area (TPSA) is 201 Å². The predicted octanol–water partition coefficient (Wildman–Crippen LogP) is 3.51. The van der Waals surface area contributed by atoms with E-state index in [4.69, 9.17) is 25.9 Å². The molecule has 11 nitrogen and oxygen atoms in total. The number of hydrogen-bond donors (Lipinski definition) is 5. The van der Waals surface area contributed by atoms with Gasteiger partial charge in [0.25, 0.3) is 0 Å². The van der Waals surface area contributed by atoms with E-state index in [1.54, 1.807) is 12.1 Å². The molecule has 10 bridgehead atoms. The number of phenols is 1. The molecule has 61 heavy (non-hydrogen) atoms. The zero-order chi connectivity index (χ0) is 42.0. The van der Waals surface area contributed by atoms with E-state index in [1.807, 2.05) is 54.6 Å². The summed E-state index contributed by atoms with van der Waals surface area (Å²) in [5.74, 6) is 5.22. The fraction of sp³-hybridized carbons (Fsp3) is 0.521. The number of aryl methyl sites for hydroxylation is 1. The monoisotopic (exact) mass is 857 g/mol. The van der Waals surface area contributed by atoms with Gasteiger partial charge in [-0.2, -0.15) is 0 Å². The van der Waals surface area contributed by atoms with E-state index in [2.05, 4.69) is 18.8 Å². The van der Waals surface area contributed by atoms with Gasteiger partial charge < -0.3 is 40.8 Å². The number of benzene rings is 3. The van der Waals surface area contributed by atoms with Gasteiger partial charge in [-0.05, 0) is 127 Å². The Balaban J connectivity index is 0.00000514. The van der Waals surface area contributed by atoms with Crippen molar-refractivity contribution >= 4 is 16.1 Å². The van der Waals surface area contributed by atoms with Crippen LogP contribution in [0, 0.1) is 35.5 Å². The number of aliphatic hydroxyl groups is 2. The third kappa shape index (κ3) is 8.67. The molecule has 11 rings (SSSR count). The van der Waals surface area contributed by atoms with Crippen LogP contribution in [0.2, 0.25) is 0 Å². The molecule has 1 saturated heterocycles. The van der Waals surface area contributed by atoms with E-state index in [-0.39, 0.29) is 78.0 Å². The first kappa shape index (κ1) is 44.2. The summed E-state index contributed by atoms with van der Waals surface area (Å²) in [5.41, 5.74) is 16.0. The van der Waals surface area contributed by atoms with E-state index in [1.165, 1.54) is 0 Å². The number of fused-ring (bicyclic) bond motifs is 9. The summed E-state index contributed by atoms with van der Waals surface area (Å²) in [6.07, 6.45) is 8.13. The first-order valence-corrected chi connectivity index (χ1v) is 23.2. The standard InChI is InChI=1S/C48H57N3O8S.Na/c1-28-7-8-31-23-37-14-16-38(31)40(28)26-43(60(55,56)57)41-24-34-21-33(25-42-32(27-52)6-4-5-30-22-36(53)13-15-39(30)45(34)58-42)44(41)29-9-11-35(12-10-29)48(59-37,51-46(49)50)20-19-47(54)17-2-3-18-47;/h9-16,22-24,28,32-33,40-45,52-54H,2-3,6-8,17-21,25-27H2,1H3,(H4,49,50,51)(H,55,56,57);/q;+1/p-1. The van der Waals surface area contributed by atoms with Crippen LogP contribution in [0.3, 0.4) is 0 Å². The second-order valence-electron chi connectivity index (χ2n) is 18.5. The maximum atomic E-state index is 14.0. The van der Waals surface area contributed by atoms with Gasteiger partial charge in [0.15, 0.2) is 5.96 Å². The van der Waals surface area contributed by atoms with Gasteiger partial charge in [-0.25, -0.2) is 13.4 Å². The number of phenolic OH excluding ortho intramolecular Hbond substituents is 1. The van der Waals surface area contributed by atoms with Crippen LogP contribution in [0.25, 0.3) is 0 Å². The van der Waals surface area contributed by atoms with Crippen LogP contribution in [0.15, 0.2) is 77.3 Å². The maximum Gasteiger partial charge on any atom is 1.00 e. The van der Waals surface area contributed by atoms with Crippen molar-refractivity contribution in [2.45, 2.75) is 125 Å². The number of nitrogens with zero attached hydrogens (tertiary/aromatic N) is 1. The summed E-state index contributed by atoms with van der Waals surface area (Å²) in [6, 6.07) is 18.8. The molecule has 7 N–H and O–H groups in total. The molecule has 1 saturated carbocycles. The minimum absolute atomic E-state index is 0. The molecule has 10 atom stereocenters. The van der Waals surface area contributed by atoms with Crippen molar-refractivity contribution in [2.24, 2.45) is 40.1 Å². The van der Waals surface area contributed by atoms with Crippen molar-refractivity contribution in [3.63, 3.8) is 0 Å². The zero-order valence-corrected chi connectivity index (χ0v) is 37.9. The summed E-state index contributed by atoms with van der Waals surface area (Å²) in [7, 11) is -4.88. The van der Waals surface area contributed by atoms with Crippen LogP contribution in [0.4, 0.5) is 0 Å². The Labute approximate surface area is 381 Å². The smallest absolute Gasteiger partial charge is 0.748 e. The summed E-state index contributed by atoms with van der Waals surface area (Å²) in [4.78, 5) is 4.83. The van der Waals surface area contributed by atoms with Gasteiger partial charge >= 0.3 is 29.6 Å². The molecule has 3 aromatic rings. The molecule has 8 aliphatic rings. The van der Waals surface area contributed by atoms with Crippen molar-refractivity contribution in [1.82, 2.24) is 0 Å². The summed E-state index contributed by atoms with van der Waals surface area (Å²) in [6.45, 7) is 1.99. The third-order valence-corrected chi connectivity index (χ3v) is 16.1. The van der Waals surface area contributed by atoms with Crippen LogP contribution in [0.1, 0.15) is 129 Å². The Bertz CT molecular complexity index is 2370. The van der Waals surface area contributed by atoms with Gasteiger partial charge in [0, 0.05) is 42.1 Å². The largest absolute Gasteiger partial charge is 1.00 e. The SMILES string of the molecule is CC1CCc2cc3ccc2C1CC(S(=O)(=O)[O-])C1C=C2CC(CC4OC2c2ccc(O)cc2C#CCC4CO)C1c1ccc(cc1)C(CCC1(O)CCCC1)(N=C(N)N)O3.[Na+]. The van der Waals surface area contributed by atoms with Gasteiger partial charge in [-0.1, -0.05) is 74.1 Å². The normalized spacial score (nSPS) is 32.2. The van der Waals surface area contributed by atoms with Crippen LogP contribution in [-0.2, 0) is 27.0 Å². The minimum Gasteiger partial charge on any atom is -0.748 e. The number of aliphatic imine (C=N–C) groups is 1. The number of rotatable bonds is 6. The van der Waals surface area contributed by atoms with E-state index in [9.17, 15) is 28.3 Å². The first-order valence-electron chi connectivity index (χ1n) is 21.7. The summed E-state index contributed by atoms with van der Waals surface area (Å²) in [5, 5.41) is 31.6. The Morgan fingerprint density at radius 3 is 2.49 bits per heavy atom. The number of allylic oxidation sites excluding steroid dienone is 1. The number of hydrogen-bond acceptors (Lipinski definition) is 9. The molecule has 318 valence electrons. The third-order valence-electron chi connectivity index (χ3n) is 14.8. The van der Waals surface area contributed by atoms with Gasteiger partial charge in [-0.15, -0.1) is 0 Å². The molecule has 10 unspecified atom stereocenters. The maximum absolute atomic E-state index is 14.0. The molecular formula is C48H56N3NaO8S. The van der Waals surface area contributed by atoms with Crippen molar-refractivity contribution in [2.75, 3.05) is 6.61 Å². The summed E-state index contributed by atoms with van der Waals surface area (Å²) >= 11 is 0. The molecule has 0 spiro atoms. The molecule has 5 aliphatic heterocycles. The van der Waals surface area contributed by atoms with Gasteiger partial charge in [0.2, 0.25) is 5.72 Å². The number of guanidine groups is 1. The Kier molecular flexibility index (Phi) is 12.5. The van der Waals surface area contributed by atoms with E-state index in [0.717, 1.165) is 53.5 Å². The van der Waals surface area contributed by atoms with Crippen molar-refractivity contribution in [3.05, 3.63) is 106 Å². The molecule has 0 radical (unpaired) electrons. The van der Waals surface area contributed by atoms with Crippen LogP contribution < -0.4 is 45.8 Å². The first-order chi connectivity index (χ1) is 28.7. The van der Waals surface area contributed by atoms with Crippen LogP contribution in [-0.4, -0.2) is 57.8 Å². The number of aliphatic hydroxyl groups excluding tert-OH is 1.